The van der Waals surface area contributed by atoms with E-state index in [-0.39, 0.29) is 23.1 Å². The second-order valence-corrected chi connectivity index (χ2v) is 3.75. The van der Waals surface area contributed by atoms with Gasteiger partial charge in [0.25, 0.3) is 0 Å². The summed E-state index contributed by atoms with van der Waals surface area (Å²) in [5.41, 5.74) is -0.291. The van der Waals surface area contributed by atoms with E-state index in [0.29, 0.717) is 13.0 Å². The van der Waals surface area contributed by atoms with E-state index in [9.17, 15) is 10.1 Å². The Balaban J connectivity index is 2.95. The highest BCUT2D eigenvalue weighted by atomic mass is 16.6. The minimum Gasteiger partial charge on any atom is -0.385 e. The fourth-order valence-electron chi connectivity index (χ4n) is 1.43. The summed E-state index contributed by atoms with van der Waals surface area (Å²) in [5, 5.41) is 22.7. The van der Waals surface area contributed by atoms with E-state index in [1.165, 1.54) is 12.3 Å². The predicted molar refractivity (Wildman–Crippen MR) is 65.2 cm³/mol. The smallest absolute Gasteiger partial charge is 0.328 e. The topological polar surface area (TPSA) is 101 Å². The normalized spacial score (nSPS) is 11.6. The van der Waals surface area contributed by atoms with Gasteiger partial charge in [-0.2, -0.15) is 5.26 Å². The van der Waals surface area contributed by atoms with E-state index in [0.717, 1.165) is 0 Å². The maximum Gasteiger partial charge on any atom is 0.328 e. The van der Waals surface area contributed by atoms with Crippen LogP contribution in [0.15, 0.2) is 12.3 Å². The van der Waals surface area contributed by atoms with Gasteiger partial charge in [-0.25, -0.2) is 4.98 Å². The van der Waals surface area contributed by atoms with Gasteiger partial charge in [0.05, 0.1) is 4.92 Å². The summed E-state index contributed by atoms with van der Waals surface area (Å²) in [5.74, 6) is 0.114. The Hall–Kier alpha value is -2.20. The molecule has 1 heterocycles. The van der Waals surface area contributed by atoms with Crippen LogP contribution in [-0.2, 0) is 4.74 Å². The predicted octanol–water partition coefficient (Wildman–Crippen LogP) is 1.70. The van der Waals surface area contributed by atoms with Crippen molar-refractivity contribution >= 4 is 11.5 Å². The van der Waals surface area contributed by atoms with Crippen molar-refractivity contribution in [2.75, 3.05) is 19.0 Å². The van der Waals surface area contributed by atoms with Crippen LogP contribution in [0.3, 0.4) is 0 Å². The first-order chi connectivity index (χ1) is 8.60. The molecule has 0 aliphatic rings. The average molecular weight is 250 g/mol. The first kappa shape index (κ1) is 13.9. The van der Waals surface area contributed by atoms with Crippen molar-refractivity contribution < 1.29 is 9.66 Å². The Kier molecular flexibility index (Phi) is 5.02. The van der Waals surface area contributed by atoms with Crippen LogP contribution in [-0.4, -0.2) is 29.7 Å². The molecule has 0 saturated carbocycles. The Morgan fingerprint density at radius 2 is 2.44 bits per heavy atom. The fourth-order valence-corrected chi connectivity index (χ4v) is 1.43. The lowest BCUT2D eigenvalue weighted by molar-refractivity contribution is -0.384. The summed E-state index contributed by atoms with van der Waals surface area (Å²) in [6, 6.07) is 3.07. The molecule has 0 aromatic carbocycles. The Morgan fingerprint density at radius 3 is 3.00 bits per heavy atom. The highest BCUT2D eigenvalue weighted by Crippen LogP contribution is 2.26. The third-order valence-electron chi connectivity index (χ3n) is 2.37. The molecular formula is C11H14N4O3. The molecule has 1 aromatic heterocycles. The van der Waals surface area contributed by atoms with Crippen molar-refractivity contribution in [2.24, 2.45) is 0 Å². The third-order valence-corrected chi connectivity index (χ3v) is 2.37. The third kappa shape index (κ3) is 3.40. The van der Waals surface area contributed by atoms with Crippen LogP contribution in [0, 0.1) is 21.4 Å². The maximum absolute atomic E-state index is 10.9. The molecule has 96 valence electrons. The van der Waals surface area contributed by atoms with E-state index in [2.05, 4.69) is 10.3 Å². The quantitative estimate of drug-likeness (QED) is 0.609. The van der Waals surface area contributed by atoms with Crippen molar-refractivity contribution in [3.63, 3.8) is 0 Å². The molecule has 1 rings (SSSR count). The minimum atomic E-state index is -0.600. The number of pyridine rings is 1. The minimum absolute atomic E-state index is 0.00329. The highest BCUT2D eigenvalue weighted by Gasteiger charge is 2.21. The average Bonchev–Trinajstić information content (AvgIpc) is 2.35. The number of methoxy groups -OCH3 is 1. The number of nitro groups is 1. The van der Waals surface area contributed by atoms with Crippen molar-refractivity contribution in [1.82, 2.24) is 4.98 Å². The molecule has 0 aliphatic carbocycles. The van der Waals surface area contributed by atoms with Crippen molar-refractivity contribution in [2.45, 2.75) is 19.4 Å². The molecule has 1 aromatic rings. The largest absolute Gasteiger partial charge is 0.385 e. The lowest BCUT2D eigenvalue weighted by Crippen LogP contribution is -2.19. The van der Waals surface area contributed by atoms with Crippen LogP contribution in [0.1, 0.15) is 18.9 Å². The zero-order valence-corrected chi connectivity index (χ0v) is 10.2. The summed E-state index contributed by atoms with van der Waals surface area (Å²) in [6.45, 7) is 2.41. The summed E-state index contributed by atoms with van der Waals surface area (Å²) >= 11 is 0. The number of hydrogen-bond donors (Lipinski definition) is 1. The molecule has 1 unspecified atom stereocenters. The fraction of sp³-hybridized carbons (Fsp3) is 0.455. The number of nitriles is 1. The van der Waals surface area contributed by atoms with Crippen molar-refractivity contribution in [3.05, 3.63) is 27.9 Å². The number of rotatable bonds is 6. The van der Waals surface area contributed by atoms with Crippen LogP contribution >= 0.6 is 0 Å². The van der Waals surface area contributed by atoms with Gasteiger partial charge >= 0.3 is 5.69 Å². The van der Waals surface area contributed by atoms with E-state index in [4.69, 9.17) is 10.00 Å². The van der Waals surface area contributed by atoms with E-state index in [1.54, 1.807) is 13.2 Å². The molecule has 7 heteroatoms. The van der Waals surface area contributed by atoms with E-state index < -0.39 is 4.92 Å². The van der Waals surface area contributed by atoms with E-state index >= 15 is 0 Å². The van der Waals surface area contributed by atoms with Crippen LogP contribution < -0.4 is 5.32 Å². The second-order valence-electron chi connectivity index (χ2n) is 3.75. The standard InChI is InChI=1S/C11H14N4O3/c1-8(4-6-18-2)14-11-10(15(16)17)9(7-12)3-5-13-11/h3,5,8H,4,6H2,1-2H3,(H,13,14). The van der Waals surface area contributed by atoms with Crippen LogP contribution in [0.25, 0.3) is 0 Å². The molecule has 1 atom stereocenters. The molecule has 0 spiro atoms. The second kappa shape index (κ2) is 6.51. The van der Waals surface area contributed by atoms with Crippen molar-refractivity contribution in [3.8, 4) is 6.07 Å². The lowest BCUT2D eigenvalue weighted by Gasteiger charge is -2.13. The monoisotopic (exact) mass is 250 g/mol. The van der Waals surface area contributed by atoms with Gasteiger partial charge in [0.1, 0.15) is 11.6 Å². The number of anilines is 1. The number of nitrogens with one attached hydrogen (secondary N) is 1. The molecule has 1 N–H and O–H groups in total. The Bertz CT molecular complexity index is 470. The number of ether oxygens (including phenoxy) is 1. The zero-order valence-electron chi connectivity index (χ0n) is 10.2. The Morgan fingerprint density at radius 1 is 1.72 bits per heavy atom. The van der Waals surface area contributed by atoms with Gasteiger partial charge in [0, 0.05) is 26.0 Å². The summed E-state index contributed by atoms with van der Waals surface area (Å²) < 4.78 is 4.93. The number of nitrogens with zero attached hydrogens (tertiary/aromatic N) is 3. The van der Waals surface area contributed by atoms with Crippen LogP contribution in [0.2, 0.25) is 0 Å². The lowest BCUT2D eigenvalue weighted by atomic mass is 10.2. The van der Waals surface area contributed by atoms with Gasteiger partial charge in [-0.3, -0.25) is 10.1 Å². The van der Waals surface area contributed by atoms with E-state index in [1.807, 2.05) is 6.92 Å². The highest BCUT2D eigenvalue weighted by molar-refractivity contribution is 5.64. The first-order valence-electron chi connectivity index (χ1n) is 5.39. The summed E-state index contributed by atoms with van der Waals surface area (Å²) in [4.78, 5) is 14.3. The van der Waals surface area contributed by atoms with Gasteiger partial charge in [-0.1, -0.05) is 0 Å². The molecule has 0 fully saturated rings. The maximum atomic E-state index is 10.9. The van der Waals surface area contributed by atoms with Gasteiger partial charge in [0.2, 0.25) is 5.82 Å². The molecular weight excluding hydrogens is 236 g/mol. The van der Waals surface area contributed by atoms with Crippen LogP contribution in [0.4, 0.5) is 11.5 Å². The first-order valence-corrected chi connectivity index (χ1v) is 5.39. The van der Waals surface area contributed by atoms with Gasteiger partial charge in [-0.05, 0) is 19.4 Å². The van der Waals surface area contributed by atoms with Gasteiger partial charge in [0.15, 0.2) is 0 Å². The molecule has 7 nitrogen and oxygen atoms in total. The molecule has 18 heavy (non-hydrogen) atoms. The molecule has 0 amide bonds. The SMILES string of the molecule is COCCC(C)Nc1nccc(C#N)c1[N+](=O)[O-]. The van der Waals surface area contributed by atoms with Gasteiger partial charge in [-0.15, -0.1) is 0 Å². The molecule has 0 saturated heterocycles. The van der Waals surface area contributed by atoms with Crippen molar-refractivity contribution in [1.29, 1.82) is 5.26 Å². The Labute approximate surface area is 105 Å². The number of aromatic nitrogens is 1. The number of hydrogen-bond acceptors (Lipinski definition) is 6. The van der Waals surface area contributed by atoms with Gasteiger partial charge < -0.3 is 10.1 Å². The summed E-state index contributed by atoms with van der Waals surface area (Å²) in [7, 11) is 1.59. The van der Waals surface area contributed by atoms with Crippen LogP contribution in [0.5, 0.6) is 0 Å². The molecule has 0 bridgehead atoms. The summed E-state index contributed by atoms with van der Waals surface area (Å²) in [6.07, 6.45) is 2.06. The zero-order chi connectivity index (χ0) is 13.5. The molecule has 0 aliphatic heterocycles. The molecule has 0 radical (unpaired) electrons.